The predicted octanol–water partition coefficient (Wildman–Crippen LogP) is -0.785. The van der Waals surface area contributed by atoms with Crippen LogP contribution in [-0.2, 0) is 4.79 Å². The molecule has 0 aliphatic heterocycles. The number of hydrogen-bond acceptors (Lipinski definition) is 5. The Morgan fingerprint density at radius 3 is 2.59 bits per heavy atom. The van der Waals surface area contributed by atoms with Crippen molar-refractivity contribution in [2.75, 3.05) is 12.0 Å². The molecule has 8 heteroatoms. The van der Waals surface area contributed by atoms with Gasteiger partial charge in [0.2, 0.25) is 0 Å². The van der Waals surface area contributed by atoms with Crippen LogP contribution < -0.4 is 17.0 Å². The summed E-state index contributed by atoms with van der Waals surface area (Å²) in [6.07, 6.45) is 3.77. The molecular formula is C9H15N3O4S. The highest BCUT2D eigenvalue weighted by atomic mass is 32.2. The van der Waals surface area contributed by atoms with Crippen LogP contribution >= 0.6 is 11.8 Å². The second-order valence-electron chi connectivity index (χ2n) is 3.02. The van der Waals surface area contributed by atoms with Gasteiger partial charge in [0, 0.05) is 12.3 Å². The third kappa shape index (κ3) is 8.29. The molecule has 0 unspecified atom stereocenters. The third-order valence-corrected chi connectivity index (χ3v) is 2.28. The number of rotatable bonds is 4. The topological polar surface area (TPSA) is 129 Å². The number of aliphatic carboxylic acids is 1. The lowest BCUT2D eigenvalue weighted by Crippen LogP contribution is -2.30. The number of hydrogen-bond donors (Lipinski definition) is 4. The van der Waals surface area contributed by atoms with E-state index in [-0.39, 0.29) is 5.56 Å². The number of nitrogens with one attached hydrogen (secondary N) is 2. The Labute approximate surface area is 101 Å². The first-order chi connectivity index (χ1) is 7.97. The molecule has 1 rings (SSSR count). The van der Waals surface area contributed by atoms with Crippen molar-refractivity contribution in [3.63, 3.8) is 0 Å². The summed E-state index contributed by atoms with van der Waals surface area (Å²) in [5, 5.41) is 8.27. The Morgan fingerprint density at radius 2 is 2.24 bits per heavy atom. The van der Waals surface area contributed by atoms with Crippen LogP contribution in [0.5, 0.6) is 0 Å². The highest BCUT2D eigenvalue weighted by Gasteiger charge is 2.08. The second kappa shape index (κ2) is 8.59. The van der Waals surface area contributed by atoms with Crippen LogP contribution in [0.1, 0.15) is 6.42 Å². The number of aromatic amines is 2. The Balaban J connectivity index is 0.000000302. The number of carboxylic acid groups (broad SMARTS) is 1. The summed E-state index contributed by atoms with van der Waals surface area (Å²) >= 11 is 1.60. The number of nitrogens with two attached hydrogens (primary N) is 1. The van der Waals surface area contributed by atoms with Crippen LogP contribution in [-0.4, -0.2) is 39.1 Å². The Kier molecular flexibility index (Phi) is 7.82. The van der Waals surface area contributed by atoms with Crippen molar-refractivity contribution in [1.82, 2.24) is 9.97 Å². The minimum absolute atomic E-state index is 0.381. The molecule has 0 amide bonds. The summed E-state index contributed by atoms with van der Waals surface area (Å²) < 4.78 is 0. The Hall–Kier alpha value is -1.54. The molecule has 0 aromatic carbocycles. The van der Waals surface area contributed by atoms with E-state index in [1.54, 1.807) is 11.8 Å². The van der Waals surface area contributed by atoms with Gasteiger partial charge in [0.25, 0.3) is 5.56 Å². The van der Waals surface area contributed by atoms with Crippen molar-refractivity contribution in [1.29, 1.82) is 0 Å². The van der Waals surface area contributed by atoms with E-state index in [0.717, 1.165) is 5.75 Å². The maximum absolute atomic E-state index is 10.2. The van der Waals surface area contributed by atoms with Crippen LogP contribution in [0.3, 0.4) is 0 Å². The molecule has 0 saturated carbocycles. The highest BCUT2D eigenvalue weighted by Crippen LogP contribution is 1.97. The van der Waals surface area contributed by atoms with Crippen LogP contribution in [0, 0.1) is 0 Å². The van der Waals surface area contributed by atoms with Crippen LogP contribution in [0.4, 0.5) is 0 Å². The fourth-order valence-electron chi connectivity index (χ4n) is 0.751. The van der Waals surface area contributed by atoms with E-state index in [9.17, 15) is 14.4 Å². The largest absolute Gasteiger partial charge is 0.480 e. The zero-order valence-corrected chi connectivity index (χ0v) is 10.1. The summed E-state index contributed by atoms with van der Waals surface area (Å²) in [7, 11) is 0. The summed E-state index contributed by atoms with van der Waals surface area (Å²) in [5.41, 5.74) is 4.33. The zero-order chi connectivity index (χ0) is 13.3. The number of H-pyrrole nitrogens is 2. The first-order valence-electron chi connectivity index (χ1n) is 4.72. The van der Waals surface area contributed by atoms with E-state index in [2.05, 4.69) is 4.98 Å². The van der Waals surface area contributed by atoms with Crippen molar-refractivity contribution in [2.24, 2.45) is 5.73 Å². The molecular weight excluding hydrogens is 246 g/mol. The van der Waals surface area contributed by atoms with Gasteiger partial charge < -0.3 is 15.8 Å². The van der Waals surface area contributed by atoms with Gasteiger partial charge in [-0.3, -0.25) is 14.6 Å². The maximum atomic E-state index is 10.2. The minimum Gasteiger partial charge on any atom is -0.480 e. The molecule has 0 spiro atoms. The van der Waals surface area contributed by atoms with Gasteiger partial charge in [-0.1, -0.05) is 0 Å². The van der Waals surface area contributed by atoms with Gasteiger partial charge in [0.05, 0.1) is 0 Å². The number of aromatic nitrogens is 2. The van der Waals surface area contributed by atoms with Crippen molar-refractivity contribution in [3.05, 3.63) is 33.1 Å². The van der Waals surface area contributed by atoms with Gasteiger partial charge in [-0.25, -0.2) is 4.79 Å². The van der Waals surface area contributed by atoms with Crippen molar-refractivity contribution in [3.8, 4) is 0 Å². The SMILES string of the molecule is CSCC[C@H](N)C(=O)O.O=c1cc[nH]c(=O)[nH]1. The smallest absolute Gasteiger partial charge is 0.325 e. The first-order valence-corrected chi connectivity index (χ1v) is 6.12. The molecule has 0 fully saturated rings. The molecule has 1 aromatic rings. The summed E-state index contributed by atoms with van der Waals surface area (Å²) in [5.74, 6) is -0.1000. The number of carboxylic acids is 1. The van der Waals surface area contributed by atoms with Crippen LogP contribution in [0.2, 0.25) is 0 Å². The minimum atomic E-state index is -0.913. The average molecular weight is 261 g/mol. The third-order valence-electron chi connectivity index (χ3n) is 1.64. The number of thioether (sulfide) groups is 1. The van der Waals surface area contributed by atoms with Crippen LogP contribution in [0.15, 0.2) is 21.9 Å². The fourth-order valence-corrected chi connectivity index (χ4v) is 1.24. The molecule has 0 bridgehead atoms. The van der Waals surface area contributed by atoms with Gasteiger partial charge in [-0.15, -0.1) is 0 Å². The number of carbonyl (C=O) groups is 1. The molecule has 1 atom stereocenters. The molecule has 96 valence electrons. The van der Waals surface area contributed by atoms with Crippen molar-refractivity contribution in [2.45, 2.75) is 12.5 Å². The molecule has 0 saturated heterocycles. The van der Waals surface area contributed by atoms with E-state index < -0.39 is 17.7 Å². The quantitative estimate of drug-likeness (QED) is 0.562. The molecule has 7 nitrogen and oxygen atoms in total. The van der Waals surface area contributed by atoms with Gasteiger partial charge >= 0.3 is 11.7 Å². The average Bonchev–Trinajstić information content (AvgIpc) is 2.26. The van der Waals surface area contributed by atoms with E-state index in [1.165, 1.54) is 12.3 Å². The van der Waals surface area contributed by atoms with Gasteiger partial charge in [0.1, 0.15) is 6.04 Å². The summed E-state index contributed by atoms with van der Waals surface area (Å²) in [4.78, 5) is 34.7. The fraction of sp³-hybridized carbons (Fsp3) is 0.444. The predicted molar refractivity (Wildman–Crippen MR) is 66.3 cm³/mol. The Morgan fingerprint density at radius 1 is 1.59 bits per heavy atom. The van der Waals surface area contributed by atoms with Crippen molar-refractivity contribution < 1.29 is 9.90 Å². The molecule has 1 heterocycles. The first kappa shape index (κ1) is 15.5. The lowest BCUT2D eigenvalue weighted by Gasteiger charge is -2.02. The summed E-state index contributed by atoms with van der Waals surface area (Å²) in [6.45, 7) is 0. The van der Waals surface area contributed by atoms with Gasteiger partial charge in [-0.05, 0) is 18.4 Å². The second-order valence-corrected chi connectivity index (χ2v) is 4.01. The molecule has 0 aliphatic carbocycles. The molecule has 5 N–H and O–H groups in total. The van der Waals surface area contributed by atoms with Gasteiger partial charge in [-0.2, -0.15) is 11.8 Å². The standard InChI is InChI=1S/C5H11NO2S.C4H4N2O2/c1-9-3-2-4(6)5(7)8;7-3-1-2-5-4(8)6-3/h4H,2-3,6H2,1H3,(H,7,8);1-2H,(H2,5,6,7,8)/t4-;/m0./s1. The van der Waals surface area contributed by atoms with E-state index in [1.807, 2.05) is 11.2 Å². The molecule has 17 heavy (non-hydrogen) atoms. The maximum Gasteiger partial charge on any atom is 0.325 e. The molecule has 1 aromatic heterocycles. The highest BCUT2D eigenvalue weighted by molar-refractivity contribution is 7.98. The normalized spacial score (nSPS) is 11.2. The van der Waals surface area contributed by atoms with E-state index in [0.29, 0.717) is 6.42 Å². The van der Waals surface area contributed by atoms with E-state index in [4.69, 9.17) is 10.8 Å². The van der Waals surface area contributed by atoms with E-state index >= 15 is 0 Å². The van der Waals surface area contributed by atoms with Crippen LogP contribution in [0.25, 0.3) is 0 Å². The summed E-state index contributed by atoms with van der Waals surface area (Å²) in [6, 6.07) is 0.555. The lowest BCUT2D eigenvalue weighted by atomic mass is 10.2. The van der Waals surface area contributed by atoms with Gasteiger partial charge in [0.15, 0.2) is 0 Å². The monoisotopic (exact) mass is 261 g/mol. The van der Waals surface area contributed by atoms with Crippen molar-refractivity contribution >= 4 is 17.7 Å². The Bertz CT molecular complexity index is 417. The lowest BCUT2D eigenvalue weighted by molar-refractivity contribution is -0.138. The molecule has 0 radical (unpaired) electrons. The molecule has 0 aliphatic rings. The zero-order valence-electron chi connectivity index (χ0n) is 9.30.